The maximum Gasteiger partial charge on any atom is 0.414 e. The Morgan fingerprint density at radius 2 is 2.00 bits per heavy atom. The molecule has 0 spiro atoms. The Morgan fingerprint density at radius 3 is 2.00 bits per heavy atom. The Balaban J connectivity index is 3.35. The highest BCUT2D eigenvalue weighted by Crippen LogP contribution is 1.94. The molecule has 7 heavy (non-hydrogen) atoms. The SMILES string of the molecule is O=C(OF)C(F)F. The normalized spacial score (nSPS) is 9.14. The molecule has 0 unspecified atom stereocenters. The number of carbonyl (C=O) groups excluding carboxylic acids is 1. The van der Waals surface area contributed by atoms with Gasteiger partial charge in [0.2, 0.25) is 0 Å². The molecule has 42 valence electrons. The third-order valence-electron chi connectivity index (χ3n) is 0.254. The molecule has 0 rings (SSSR count). The van der Waals surface area contributed by atoms with Gasteiger partial charge in [-0.1, -0.05) is 0 Å². The first-order chi connectivity index (χ1) is 3.18. The summed E-state index contributed by atoms with van der Waals surface area (Å²) in [4.78, 5) is 11.3. The topological polar surface area (TPSA) is 26.3 Å². The van der Waals surface area contributed by atoms with E-state index >= 15 is 0 Å². The molecule has 0 heterocycles. The lowest BCUT2D eigenvalue weighted by Crippen LogP contribution is -2.08. The maximum atomic E-state index is 10.7. The van der Waals surface area contributed by atoms with E-state index in [2.05, 4.69) is 4.94 Å². The number of alkyl halides is 2. The smallest absolute Gasteiger partial charge is 0.248 e. The number of hydrogen-bond donors (Lipinski definition) is 0. The summed E-state index contributed by atoms with van der Waals surface area (Å²) < 4.78 is 31.7. The van der Waals surface area contributed by atoms with Crippen LogP contribution >= 0.6 is 0 Å². The molecule has 0 aliphatic carbocycles. The Hall–Kier alpha value is -0.740. The van der Waals surface area contributed by atoms with Crippen molar-refractivity contribution in [1.82, 2.24) is 0 Å². The summed E-state index contributed by atoms with van der Waals surface area (Å²) in [5.74, 6) is -2.15. The van der Waals surface area contributed by atoms with Crippen molar-refractivity contribution in [2.24, 2.45) is 0 Å². The predicted octanol–water partition coefficient (Wildman–Crippen LogP) is 0.679. The van der Waals surface area contributed by atoms with Crippen LogP contribution in [0.25, 0.3) is 0 Å². The van der Waals surface area contributed by atoms with E-state index in [9.17, 15) is 13.3 Å². The van der Waals surface area contributed by atoms with E-state index in [1.165, 1.54) is 0 Å². The minimum atomic E-state index is -3.37. The van der Waals surface area contributed by atoms with Crippen LogP contribution in [-0.2, 0) is 9.74 Å². The van der Waals surface area contributed by atoms with E-state index in [4.69, 9.17) is 4.79 Å². The van der Waals surface area contributed by atoms with E-state index in [1.807, 2.05) is 0 Å². The molecule has 0 aromatic rings. The zero-order valence-electron chi connectivity index (χ0n) is 3.03. The lowest BCUT2D eigenvalue weighted by Gasteiger charge is -1.85. The van der Waals surface area contributed by atoms with Gasteiger partial charge < -0.3 is 0 Å². The fraction of sp³-hybridized carbons (Fsp3) is 0.500. The van der Waals surface area contributed by atoms with Crippen LogP contribution in [0, 0.1) is 0 Å². The van der Waals surface area contributed by atoms with Crippen LogP contribution in [0.2, 0.25) is 0 Å². The first-order valence-corrected chi connectivity index (χ1v) is 1.29. The van der Waals surface area contributed by atoms with Crippen LogP contribution < -0.4 is 0 Å². The zero-order chi connectivity index (χ0) is 5.86. The molecule has 0 aromatic carbocycles. The fourth-order valence-electron chi connectivity index (χ4n) is 0.0337. The number of halogens is 3. The Morgan fingerprint density at radius 1 is 1.57 bits per heavy atom. The second-order valence-electron chi connectivity index (χ2n) is 0.697. The summed E-state index contributed by atoms with van der Waals surface area (Å²) in [5, 5.41) is 0. The summed E-state index contributed by atoms with van der Waals surface area (Å²) in [7, 11) is 0. The summed E-state index contributed by atoms with van der Waals surface area (Å²) in [6, 6.07) is 0. The molecule has 5 heteroatoms. The largest absolute Gasteiger partial charge is 0.414 e. The number of carbonyl (C=O) groups is 1. The lowest BCUT2D eigenvalue weighted by atomic mass is 10.7. The second-order valence-corrected chi connectivity index (χ2v) is 0.697. The summed E-state index contributed by atoms with van der Waals surface area (Å²) in [6.45, 7) is 0. The van der Waals surface area contributed by atoms with Gasteiger partial charge in [0, 0.05) is 4.53 Å². The zero-order valence-corrected chi connectivity index (χ0v) is 3.03. The van der Waals surface area contributed by atoms with Crippen LogP contribution in [0.1, 0.15) is 0 Å². The number of hydrogen-bond acceptors (Lipinski definition) is 2. The van der Waals surface area contributed by atoms with E-state index in [1.54, 1.807) is 0 Å². The first-order valence-electron chi connectivity index (χ1n) is 1.29. The molecule has 0 saturated heterocycles. The second kappa shape index (κ2) is 2.44. The van der Waals surface area contributed by atoms with Crippen molar-refractivity contribution in [1.29, 1.82) is 0 Å². The minimum Gasteiger partial charge on any atom is -0.248 e. The van der Waals surface area contributed by atoms with Crippen molar-refractivity contribution in [3.8, 4) is 0 Å². The van der Waals surface area contributed by atoms with E-state index in [0.29, 0.717) is 0 Å². The van der Waals surface area contributed by atoms with Gasteiger partial charge in [-0.25, -0.2) is 9.74 Å². The molecular weight excluding hydrogens is 113 g/mol. The molecule has 0 aliphatic rings. The van der Waals surface area contributed by atoms with Gasteiger partial charge in [-0.3, -0.25) is 0 Å². The van der Waals surface area contributed by atoms with Crippen LogP contribution in [-0.4, -0.2) is 12.4 Å². The Bertz CT molecular complexity index is 71.3. The summed E-state index contributed by atoms with van der Waals surface area (Å²) in [6.07, 6.45) is -3.37. The highest BCUT2D eigenvalue weighted by atomic mass is 19.3. The molecule has 0 N–H and O–H groups in total. The molecule has 0 aliphatic heterocycles. The predicted molar refractivity (Wildman–Crippen MR) is 13.2 cm³/mol. The van der Waals surface area contributed by atoms with Gasteiger partial charge >= 0.3 is 12.4 Å². The van der Waals surface area contributed by atoms with Crippen LogP contribution in [0.5, 0.6) is 0 Å². The standard InChI is InChI=1S/C2HF3O2/c3-1(4)2(6)7-5/h1H. The van der Waals surface area contributed by atoms with Crippen LogP contribution in [0.3, 0.4) is 0 Å². The van der Waals surface area contributed by atoms with Gasteiger partial charge in [0.15, 0.2) is 0 Å². The van der Waals surface area contributed by atoms with Gasteiger partial charge in [-0.15, -0.1) is 0 Å². The molecule has 0 bridgehead atoms. The van der Waals surface area contributed by atoms with E-state index < -0.39 is 12.4 Å². The van der Waals surface area contributed by atoms with Crippen LogP contribution in [0.15, 0.2) is 0 Å². The van der Waals surface area contributed by atoms with Crippen molar-refractivity contribution in [3.63, 3.8) is 0 Å². The van der Waals surface area contributed by atoms with E-state index in [-0.39, 0.29) is 0 Å². The molecule has 0 amide bonds. The summed E-state index contributed by atoms with van der Waals surface area (Å²) >= 11 is 0. The average molecular weight is 114 g/mol. The quantitative estimate of drug-likeness (QED) is 0.501. The molecule has 2 nitrogen and oxygen atoms in total. The van der Waals surface area contributed by atoms with Crippen LogP contribution in [0.4, 0.5) is 13.3 Å². The highest BCUT2D eigenvalue weighted by molar-refractivity contribution is 5.71. The third-order valence-corrected chi connectivity index (χ3v) is 0.254. The van der Waals surface area contributed by atoms with Gasteiger partial charge in [0.05, 0.1) is 0 Å². The summed E-state index contributed by atoms with van der Waals surface area (Å²) in [5.41, 5.74) is 0. The van der Waals surface area contributed by atoms with Gasteiger partial charge in [0.1, 0.15) is 0 Å². The van der Waals surface area contributed by atoms with Crippen molar-refractivity contribution in [3.05, 3.63) is 0 Å². The van der Waals surface area contributed by atoms with E-state index in [0.717, 1.165) is 0 Å². The van der Waals surface area contributed by atoms with Crippen molar-refractivity contribution in [2.45, 2.75) is 6.43 Å². The molecule has 0 saturated carbocycles. The molecule has 0 aromatic heterocycles. The highest BCUT2D eigenvalue weighted by Gasteiger charge is 2.16. The lowest BCUT2D eigenvalue weighted by molar-refractivity contribution is -0.196. The van der Waals surface area contributed by atoms with Gasteiger partial charge in [-0.05, 0) is 0 Å². The monoisotopic (exact) mass is 114 g/mol. The van der Waals surface area contributed by atoms with Crippen molar-refractivity contribution >= 4 is 5.97 Å². The Labute approximate surface area is 36.8 Å². The van der Waals surface area contributed by atoms with Gasteiger partial charge in [0.25, 0.3) is 0 Å². The molecule has 0 atom stereocenters. The van der Waals surface area contributed by atoms with Crippen molar-refractivity contribution in [2.75, 3.05) is 0 Å². The number of rotatable bonds is 1. The molecular formula is C2HF3O2. The Kier molecular flexibility index (Phi) is 2.18. The van der Waals surface area contributed by atoms with Crippen molar-refractivity contribution < 1.29 is 23.0 Å². The fourth-order valence-corrected chi connectivity index (χ4v) is 0.0337. The third kappa shape index (κ3) is 2.02. The molecule has 0 fully saturated rings. The molecule has 0 radical (unpaired) electrons. The van der Waals surface area contributed by atoms with Gasteiger partial charge in [-0.2, -0.15) is 8.78 Å². The maximum absolute atomic E-state index is 10.7. The minimum absolute atomic E-state index is 2.12. The average Bonchev–Trinajstić information content (AvgIpc) is 1.65. The first kappa shape index (κ1) is 6.26.